The molecule has 7 heteroatoms. The zero-order valence-corrected chi connectivity index (χ0v) is 20.6. The van der Waals surface area contributed by atoms with E-state index in [4.69, 9.17) is 14.2 Å². The van der Waals surface area contributed by atoms with Crippen molar-refractivity contribution in [3.8, 4) is 17.2 Å². The van der Waals surface area contributed by atoms with E-state index in [2.05, 4.69) is 5.32 Å². The highest BCUT2D eigenvalue weighted by Gasteiger charge is 2.31. The van der Waals surface area contributed by atoms with Gasteiger partial charge in [-0.25, -0.2) is 0 Å². The summed E-state index contributed by atoms with van der Waals surface area (Å²) in [5.74, 6) is 1.44. The summed E-state index contributed by atoms with van der Waals surface area (Å²) in [6.45, 7) is 2.58. The van der Waals surface area contributed by atoms with E-state index in [0.29, 0.717) is 18.0 Å². The average molecular weight is 477 g/mol. The van der Waals surface area contributed by atoms with Crippen LogP contribution >= 0.6 is 0 Å². The second-order valence-corrected chi connectivity index (χ2v) is 7.94. The fourth-order valence-electron chi connectivity index (χ4n) is 3.90. The van der Waals surface area contributed by atoms with Crippen LogP contribution in [0.15, 0.2) is 72.8 Å². The van der Waals surface area contributed by atoms with Crippen molar-refractivity contribution in [1.29, 1.82) is 0 Å². The first-order chi connectivity index (χ1) is 17.0. The van der Waals surface area contributed by atoms with E-state index in [1.54, 1.807) is 38.4 Å². The molecule has 2 amide bonds. The lowest BCUT2D eigenvalue weighted by Crippen LogP contribution is -2.44. The maximum Gasteiger partial charge on any atom is 0.247 e. The number of amides is 2. The number of hydrogen-bond donors (Lipinski definition) is 1. The zero-order chi connectivity index (χ0) is 25.2. The van der Waals surface area contributed by atoms with Crippen LogP contribution < -0.4 is 19.5 Å². The van der Waals surface area contributed by atoms with Gasteiger partial charge in [0.15, 0.2) is 11.5 Å². The minimum Gasteiger partial charge on any atom is -0.497 e. The van der Waals surface area contributed by atoms with Crippen LogP contribution in [0.3, 0.4) is 0 Å². The molecule has 0 aromatic heterocycles. The molecular weight excluding hydrogens is 444 g/mol. The third-order valence-corrected chi connectivity index (χ3v) is 5.66. The predicted octanol–water partition coefficient (Wildman–Crippen LogP) is 4.16. The molecule has 0 aliphatic carbocycles. The smallest absolute Gasteiger partial charge is 0.247 e. The van der Waals surface area contributed by atoms with E-state index >= 15 is 0 Å². The van der Waals surface area contributed by atoms with Gasteiger partial charge in [0.25, 0.3) is 0 Å². The third kappa shape index (κ3) is 6.53. The lowest BCUT2D eigenvalue weighted by Gasteiger charge is -2.32. The Morgan fingerprint density at radius 3 is 2.09 bits per heavy atom. The quantitative estimate of drug-likeness (QED) is 0.450. The molecule has 3 aromatic carbocycles. The van der Waals surface area contributed by atoms with Gasteiger partial charge in [0.05, 0.1) is 27.8 Å². The molecule has 0 saturated heterocycles. The standard InChI is InChI=1S/C28H32N2O5/c1-5-29-28(32)27(22-9-7-6-8-10-22)30(19-20-11-14-23(33-2)15-12-20)26(31)18-21-13-16-24(34-3)25(17-21)35-4/h6-17,27H,5,18-19H2,1-4H3,(H,29,32)/t27-/m1/s1. The van der Waals surface area contributed by atoms with E-state index in [1.807, 2.05) is 67.6 Å². The number of carbonyl (C=O) groups is 2. The van der Waals surface area contributed by atoms with Gasteiger partial charge in [0.2, 0.25) is 11.8 Å². The van der Waals surface area contributed by atoms with E-state index in [9.17, 15) is 9.59 Å². The van der Waals surface area contributed by atoms with Gasteiger partial charge < -0.3 is 24.4 Å². The molecule has 1 atom stereocenters. The van der Waals surface area contributed by atoms with Crippen LogP contribution in [0.5, 0.6) is 17.2 Å². The van der Waals surface area contributed by atoms with Crippen molar-refractivity contribution in [3.05, 3.63) is 89.5 Å². The van der Waals surface area contributed by atoms with Crippen molar-refractivity contribution in [2.24, 2.45) is 0 Å². The molecule has 7 nitrogen and oxygen atoms in total. The Labute approximate surface area is 206 Å². The Kier molecular flexibility index (Phi) is 9.12. The second-order valence-electron chi connectivity index (χ2n) is 7.94. The van der Waals surface area contributed by atoms with Crippen LogP contribution in [0, 0.1) is 0 Å². The van der Waals surface area contributed by atoms with Crippen molar-refractivity contribution < 1.29 is 23.8 Å². The lowest BCUT2D eigenvalue weighted by molar-refractivity contribution is -0.141. The van der Waals surface area contributed by atoms with Crippen LogP contribution in [0.4, 0.5) is 0 Å². The molecule has 1 N–H and O–H groups in total. The lowest BCUT2D eigenvalue weighted by atomic mass is 10.0. The fourth-order valence-corrected chi connectivity index (χ4v) is 3.90. The van der Waals surface area contributed by atoms with Crippen LogP contribution in [0.25, 0.3) is 0 Å². The summed E-state index contributed by atoms with van der Waals surface area (Å²) < 4.78 is 16.0. The molecule has 0 heterocycles. The fraction of sp³-hybridized carbons (Fsp3) is 0.286. The Balaban J connectivity index is 1.99. The summed E-state index contributed by atoms with van der Waals surface area (Å²) in [5.41, 5.74) is 2.39. The predicted molar refractivity (Wildman–Crippen MR) is 135 cm³/mol. The summed E-state index contributed by atoms with van der Waals surface area (Å²) in [7, 11) is 4.73. The molecule has 0 spiro atoms. The van der Waals surface area contributed by atoms with Gasteiger partial charge >= 0.3 is 0 Å². The second kappa shape index (κ2) is 12.5. The van der Waals surface area contributed by atoms with Gasteiger partial charge in [0.1, 0.15) is 11.8 Å². The molecule has 0 aliphatic heterocycles. The van der Waals surface area contributed by atoms with Crippen molar-refractivity contribution in [2.45, 2.75) is 25.9 Å². The van der Waals surface area contributed by atoms with E-state index in [1.165, 1.54) is 0 Å². The van der Waals surface area contributed by atoms with Gasteiger partial charge in [-0.1, -0.05) is 48.5 Å². The number of nitrogens with one attached hydrogen (secondary N) is 1. The van der Waals surface area contributed by atoms with Gasteiger partial charge in [-0.2, -0.15) is 0 Å². The molecule has 35 heavy (non-hydrogen) atoms. The van der Waals surface area contributed by atoms with Crippen LogP contribution in [0.2, 0.25) is 0 Å². The van der Waals surface area contributed by atoms with Crippen LogP contribution in [-0.4, -0.2) is 44.6 Å². The monoisotopic (exact) mass is 476 g/mol. The first kappa shape index (κ1) is 25.6. The molecule has 0 radical (unpaired) electrons. The number of ether oxygens (including phenoxy) is 3. The van der Waals surface area contributed by atoms with Gasteiger partial charge in [0, 0.05) is 13.1 Å². The number of benzene rings is 3. The molecule has 0 bridgehead atoms. The van der Waals surface area contributed by atoms with E-state index in [0.717, 1.165) is 22.4 Å². The first-order valence-corrected chi connectivity index (χ1v) is 11.5. The molecule has 3 rings (SSSR count). The number of methoxy groups -OCH3 is 3. The summed E-state index contributed by atoms with van der Waals surface area (Å²) >= 11 is 0. The third-order valence-electron chi connectivity index (χ3n) is 5.66. The average Bonchev–Trinajstić information content (AvgIpc) is 2.89. The highest BCUT2D eigenvalue weighted by molar-refractivity contribution is 5.89. The number of carbonyl (C=O) groups excluding carboxylic acids is 2. The Morgan fingerprint density at radius 2 is 1.49 bits per heavy atom. The molecule has 0 fully saturated rings. The summed E-state index contributed by atoms with van der Waals surface area (Å²) in [5, 5.41) is 2.89. The maximum atomic E-state index is 13.8. The van der Waals surface area contributed by atoms with E-state index < -0.39 is 6.04 Å². The van der Waals surface area contributed by atoms with Gasteiger partial charge in [-0.05, 0) is 47.9 Å². The summed E-state index contributed by atoms with van der Waals surface area (Å²) in [6, 6.07) is 21.4. The SMILES string of the molecule is CCNC(=O)[C@@H](c1ccccc1)N(Cc1ccc(OC)cc1)C(=O)Cc1ccc(OC)c(OC)c1. The largest absolute Gasteiger partial charge is 0.497 e. The van der Waals surface area contributed by atoms with Crippen LogP contribution in [0.1, 0.15) is 29.7 Å². The number of hydrogen-bond acceptors (Lipinski definition) is 5. The molecule has 3 aromatic rings. The van der Waals surface area contributed by atoms with E-state index in [-0.39, 0.29) is 24.8 Å². The van der Waals surface area contributed by atoms with Crippen molar-refractivity contribution in [3.63, 3.8) is 0 Å². The molecule has 0 unspecified atom stereocenters. The number of rotatable bonds is 11. The Morgan fingerprint density at radius 1 is 0.829 bits per heavy atom. The highest BCUT2D eigenvalue weighted by atomic mass is 16.5. The Bertz CT molecular complexity index is 1120. The summed E-state index contributed by atoms with van der Waals surface area (Å²) in [6.07, 6.45) is 0.0965. The minimum atomic E-state index is -0.786. The molecule has 0 aliphatic rings. The summed E-state index contributed by atoms with van der Waals surface area (Å²) in [4.78, 5) is 28.6. The highest BCUT2D eigenvalue weighted by Crippen LogP contribution is 2.29. The van der Waals surface area contributed by atoms with Crippen molar-refractivity contribution in [2.75, 3.05) is 27.9 Å². The number of nitrogens with zero attached hydrogens (tertiary/aromatic N) is 1. The maximum absolute atomic E-state index is 13.8. The topological polar surface area (TPSA) is 77.1 Å². The van der Waals surface area contributed by atoms with Gasteiger partial charge in [-0.3, -0.25) is 9.59 Å². The molecule has 0 saturated carbocycles. The van der Waals surface area contributed by atoms with Gasteiger partial charge in [-0.15, -0.1) is 0 Å². The van der Waals surface area contributed by atoms with Crippen molar-refractivity contribution >= 4 is 11.8 Å². The van der Waals surface area contributed by atoms with Crippen LogP contribution in [-0.2, 0) is 22.6 Å². The normalized spacial score (nSPS) is 11.3. The number of likely N-dealkylation sites (N-methyl/N-ethyl adjacent to an activating group) is 1. The van der Waals surface area contributed by atoms with Crippen molar-refractivity contribution in [1.82, 2.24) is 10.2 Å². The Hall–Kier alpha value is -4.00. The first-order valence-electron chi connectivity index (χ1n) is 11.5. The molecular formula is C28H32N2O5. The minimum absolute atomic E-state index is 0.0965. The molecule has 184 valence electrons. The zero-order valence-electron chi connectivity index (χ0n) is 20.6.